The van der Waals surface area contributed by atoms with E-state index < -0.39 is 10.0 Å². The number of rotatable bonds is 4. The van der Waals surface area contributed by atoms with Crippen molar-refractivity contribution < 1.29 is 18.3 Å². The standard InChI is InChI=1S/C15H16BrNO4S/c1-9-6-10(2)15(18)12(7-9)17-22(19,20)14-8-11(16)4-5-13(14)21-3/h4-8,17-18H,1-3H3. The van der Waals surface area contributed by atoms with Gasteiger partial charge in [-0.3, -0.25) is 4.72 Å². The van der Waals surface area contributed by atoms with Gasteiger partial charge in [-0.2, -0.15) is 0 Å². The third-order valence-electron chi connectivity index (χ3n) is 3.10. The Morgan fingerprint density at radius 1 is 1.18 bits per heavy atom. The molecule has 0 atom stereocenters. The average Bonchev–Trinajstić information content (AvgIpc) is 2.44. The fourth-order valence-corrected chi connectivity index (χ4v) is 3.86. The number of hydrogen-bond acceptors (Lipinski definition) is 4. The highest BCUT2D eigenvalue weighted by Crippen LogP contribution is 2.33. The Morgan fingerprint density at radius 2 is 1.86 bits per heavy atom. The molecule has 2 aromatic carbocycles. The van der Waals surface area contributed by atoms with Crippen molar-refractivity contribution in [1.82, 2.24) is 0 Å². The molecule has 2 aromatic rings. The summed E-state index contributed by atoms with van der Waals surface area (Å²) in [4.78, 5) is -0.0112. The number of nitrogens with one attached hydrogen (secondary N) is 1. The predicted molar refractivity (Wildman–Crippen MR) is 89.1 cm³/mol. The van der Waals surface area contributed by atoms with Crippen molar-refractivity contribution in [1.29, 1.82) is 0 Å². The van der Waals surface area contributed by atoms with Gasteiger partial charge in [0.2, 0.25) is 0 Å². The molecule has 0 aliphatic heterocycles. The molecular weight excluding hydrogens is 370 g/mol. The van der Waals surface area contributed by atoms with Crippen LogP contribution in [0.25, 0.3) is 0 Å². The number of aryl methyl sites for hydroxylation is 2. The van der Waals surface area contributed by atoms with Gasteiger partial charge in [0.05, 0.1) is 12.8 Å². The molecule has 0 aliphatic carbocycles. The first-order chi connectivity index (χ1) is 10.2. The van der Waals surface area contributed by atoms with Crippen molar-refractivity contribution >= 4 is 31.6 Å². The summed E-state index contributed by atoms with van der Waals surface area (Å²) in [6, 6.07) is 8.03. The highest BCUT2D eigenvalue weighted by molar-refractivity contribution is 9.10. The third kappa shape index (κ3) is 3.36. The molecule has 2 N–H and O–H groups in total. The van der Waals surface area contributed by atoms with Crippen molar-refractivity contribution in [3.63, 3.8) is 0 Å². The maximum absolute atomic E-state index is 12.6. The summed E-state index contributed by atoms with van der Waals surface area (Å²) >= 11 is 3.24. The van der Waals surface area contributed by atoms with Crippen LogP contribution in [0.5, 0.6) is 11.5 Å². The smallest absolute Gasteiger partial charge is 0.265 e. The van der Waals surface area contributed by atoms with Crippen LogP contribution in [-0.4, -0.2) is 20.6 Å². The van der Waals surface area contributed by atoms with Crippen LogP contribution in [0.3, 0.4) is 0 Å². The van der Waals surface area contributed by atoms with E-state index in [9.17, 15) is 13.5 Å². The van der Waals surface area contributed by atoms with Crippen molar-refractivity contribution in [2.24, 2.45) is 0 Å². The highest BCUT2D eigenvalue weighted by atomic mass is 79.9. The van der Waals surface area contributed by atoms with Crippen LogP contribution in [0.2, 0.25) is 0 Å². The molecule has 0 spiro atoms. The number of anilines is 1. The van der Waals surface area contributed by atoms with Crippen molar-refractivity contribution in [3.8, 4) is 11.5 Å². The SMILES string of the molecule is COc1ccc(Br)cc1S(=O)(=O)Nc1cc(C)cc(C)c1O. The predicted octanol–water partition coefficient (Wildman–Crippen LogP) is 3.58. The van der Waals surface area contributed by atoms with E-state index in [2.05, 4.69) is 20.7 Å². The first kappa shape index (κ1) is 16.6. The highest BCUT2D eigenvalue weighted by Gasteiger charge is 2.22. The van der Waals surface area contributed by atoms with Gasteiger partial charge in [0.25, 0.3) is 10.0 Å². The molecule has 2 rings (SSSR count). The van der Waals surface area contributed by atoms with Crippen LogP contribution in [0.15, 0.2) is 39.7 Å². The van der Waals surface area contributed by atoms with E-state index in [0.717, 1.165) is 5.56 Å². The molecule has 0 aromatic heterocycles. The molecule has 0 bridgehead atoms. The van der Waals surface area contributed by atoms with E-state index in [1.54, 1.807) is 31.2 Å². The van der Waals surface area contributed by atoms with Crippen molar-refractivity contribution in [3.05, 3.63) is 45.9 Å². The molecule has 0 fully saturated rings. The van der Waals surface area contributed by atoms with E-state index in [-0.39, 0.29) is 22.1 Å². The molecule has 0 saturated heterocycles. The lowest BCUT2D eigenvalue weighted by Crippen LogP contribution is -2.14. The lowest BCUT2D eigenvalue weighted by Gasteiger charge is -2.14. The second-order valence-electron chi connectivity index (χ2n) is 4.88. The van der Waals surface area contributed by atoms with Crippen molar-refractivity contribution in [2.45, 2.75) is 18.7 Å². The van der Waals surface area contributed by atoms with Crippen LogP contribution in [0.4, 0.5) is 5.69 Å². The Bertz CT molecular complexity index is 819. The lowest BCUT2D eigenvalue weighted by molar-refractivity contribution is 0.402. The Balaban J connectivity index is 2.51. The number of halogens is 1. The summed E-state index contributed by atoms with van der Waals surface area (Å²) in [6.07, 6.45) is 0. The third-order valence-corrected chi connectivity index (χ3v) is 4.98. The monoisotopic (exact) mass is 385 g/mol. The van der Waals surface area contributed by atoms with Crippen LogP contribution in [0.1, 0.15) is 11.1 Å². The van der Waals surface area contributed by atoms with E-state index in [1.165, 1.54) is 13.2 Å². The molecule has 0 aliphatic rings. The van der Waals surface area contributed by atoms with E-state index in [4.69, 9.17) is 4.74 Å². The number of phenols is 1. The van der Waals surface area contributed by atoms with E-state index >= 15 is 0 Å². The maximum Gasteiger partial charge on any atom is 0.265 e. The van der Waals surface area contributed by atoms with E-state index in [0.29, 0.717) is 10.0 Å². The number of hydrogen-bond donors (Lipinski definition) is 2. The summed E-state index contributed by atoms with van der Waals surface area (Å²) in [5.74, 6) is 0.128. The lowest BCUT2D eigenvalue weighted by atomic mass is 10.1. The minimum absolute atomic E-state index is 0.0112. The zero-order chi connectivity index (χ0) is 16.5. The molecule has 0 heterocycles. The number of methoxy groups -OCH3 is 1. The molecule has 5 nitrogen and oxygen atoms in total. The molecule has 118 valence electrons. The molecule has 0 amide bonds. The van der Waals surface area contributed by atoms with Crippen LogP contribution < -0.4 is 9.46 Å². The second-order valence-corrected chi connectivity index (χ2v) is 7.45. The van der Waals surface area contributed by atoms with Gasteiger partial charge in [-0.05, 0) is 49.2 Å². The largest absolute Gasteiger partial charge is 0.505 e. The van der Waals surface area contributed by atoms with Crippen LogP contribution >= 0.6 is 15.9 Å². The van der Waals surface area contributed by atoms with Gasteiger partial charge in [-0.1, -0.05) is 22.0 Å². The quantitative estimate of drug-likeness (QED) is 0.788. The van der Waals surface area contributed by atoms with Gasteiger partial charge in [-0.15, -0.1) is 0 Å². The van der Waals surface area contributed by atoms with Crippen LogP contribution in [-0.2, 0) is 10.0 Å². The number of benzene rings is 2. The fourth-order valence-electron chi connectivity index (χ4n) is 2.10. The number of aromatic hydroxyl groups is 1. The van der Waals surface area contributed by atoms with Gasteiger partial charge in [0.15, 0.2) is 0 Å². The first-order valence-electron chi connectivity index (χ1n) is 6.41. The Labute approximate surface area is 138 Å². The summed E-state index contributed by atoms with van der Waals surface area (Å²) in [6.45, 7) is 3.53. The summed E-state index contributed by atoms with van der Waals surface area (Å²) in [5, 5.41) is 10.0. The summed E-state index contributed by atoms with van der Waals surface area (Å²) < 4.78 is 33.3. The van der Waals surface area contributed by atoms with Gasteiger partial charge in [-0.25, -0.2) is 8.42 Å². The zero-order valence-corrected chi connectivity index (χ0v) is 14.7. The Kier molecular flexibility index (Phi) is 4.67. The molecule has 0 radical (unpaired) electrons. The molecule has 0 saturated carbocycles. The minimum atomic E-state index is -3.90. The molecule has 22 heavy (non-hydrogen) atoms. The van der Waals surface area contributed by atoms with Gasteiger partial charge in [0, 0.05) is 4.47 Å². The number of sulfonamides is 1. The fraction of sp³-hybridized carbons (Fsp3) is 0.200. The minimum Gasteiger partial charge on any atom is -0.505 e. The first-order valence-corrected chi connectivity index (χ1v) is 8.69. The Morgan fingerprint density at radius 3 is 2.50 bits per heavy atom. The topological polar surface area (TPSA) is 75.6 Å². The maximum atomic E-state index is 12.6. The average molecular weight is 386 g/mol. The number of ether oxygens (including phenoxy) is 1. The van der Waals surface area contributed by atoms with Gasteiger partial charge < -0.3 is 9.84 Å². The van der Waals surface area contributed by atoms with Gasteiger partial charge >= 0.3 is 0 Å². The Hall–Kier alpha value is -1.73. The van der Waals surface area contributed by atoms with Crippen molar-refractivity contribution in [2.75, 3.05) is 11.8 Å². The van der Waals surface area contributed by atoms with Gasteiger partial charge in [0.1, 0.15) is 16.4 Å². The molecule has 7 heteroatoms. The molecular formula is C15H16BrNO4S. The van der Waals surface area contributed by atoms with E-state index in [1.807, 2.05) is 6.92 Å². The number of phenolic OH excluding ortho intramolecular Hbond substituents is 1. The molecule has 0 unspecified atom stereocenters. The summed E-state index contributed by atoms with van der Waals surface area (Å²) in [7, 11) is -2.50. The second kappa shape index (κ2) is 6.18. The zero-order valence-electron chi connectivity index (χ0n) is 12.3. The summed E-state index contributed by atoms with van der Waals surface area (Å²) in [5.41, 5.74) is 1.58. The normalized spacial score (nSPS) is 11.3. The van der Waals surface area contributed by atoms with Crippen LogP contribution in [0, 0.1) is 13.8 Å².